The Morgan fingerprint density at radius 3 is 2.40 bits per heavy atom. The highest BCUT2D eigenvalue weighted by atomic mass is 127. The molecular weight excluding hydrogens is 385 g/mol. The summed E-state index contributed by atoms with van der Waals surface area (Å²) >= 11 is 8.29. The first kappa shape index (κ1) is 16.1. The van der Waals surface area contributed by atoms with Gasteiger partial charge in [-0.1, -0.05) is 38.3 Å². The van der Waals surface area contributed by atoms with E-state index in [2.05, 4.69) is 36.4 Å². The van der Waals surface area contributed by atoms with Crippen LogP contribution in [0.4, 0.5) is 0 Å². The average Bonchev–Trinajstić information content (AvgIpc) is 2.49. The van der Waals surface area contributed by atoms with Crippen molar-refractivity contribution in [1.82, 2.24) is 4.90 Å². The van der Waals surface area contributed by atoms with Gasteiger partial charge in [0, 0.05) is 22.2 Å². The van der Waals surface area contributed by atoms with Crippen LogP contribution in [0.2, 0.25) is 5.02 Å². The monoisotopic (exact) mass is 405 g/mol. The molecule has 0 aromatic heterocycles. The molecule has 110 valence electrons. The Kier molecular flexibility index (Phi) is 5.35. The van der Waals surface area contributed by atoms with Crippen molar-refractivity contribution < 1.29 is 4.79 Å². The van der Waals surface area contributed by atoms with Crippen LogP contribution in [-0.2, 0) is 0 Å². The molecule has 0 N–H and O–H groups in total. The van der Waals surface area contributed by atoms with Gasteiger partial charge < -0.3 is 4.90 Å². The number of rotatable bonds is 3. The summed E-state index contributed by atoms with van der Waals surface area (Å²) in [5.41, 5.74) is 1.15. The van der Waals surface area contributed by atoms with Gasteiger partial charge in [0.1, 0.15) is 0 Å². The van der Waals surface area contributed by atoms with Gasteiger partial charge in [-0.2, -0.15) is 0 Å². The number of amides is 1. The molecule has 1 heterocycles. The lowest BCUT2D eigenvalue weighted by molar-refractivity contribution is 0.0558. The first-order valence-electron chi connectivity index (χ1n) is 7.25. The number of hydrogen-bond acceptors (Lipinski definition) is 1. The molecule has 0 aliphatic carbocycles. The second kappa shape index (κ2) is 6.65. The van der Waals surface area contributed by atoms with Crippen molar-refractivity contribution in [1.29, 1.82) is 0 Å². The number of likely N-dealkylation sites (tertiary alicyclic amines) is 1. The van der Waals surface area contributed by atoms with Crippen LogP contribution < -0.4 is 0 Å². The molecule has 0 atom stereocenters. The normalized spacial score (nSPS) is 18.1. The van der Waals surface area contributed by atoms with Crippen LogP contribution in [0.25, 0.3) is 0 Å². The molecule has 1 amide bonds. The lowest BCUT2D eigenvalue weighted by atomic mass is 9.74. The summed E-state index contributed by atoms with van der Waals surface area (Å²) in [4.78, 5) is 14.5. The molecule has 2 nitrogen and oxygen atoms in total. The van der Waals surface area contributed by atoms with Crippen molar-refractivity contribution in [2.24, 2.45) is 5.41 Å². The average molecular weight is 406 g/mol. The molecule has 4 heteroatoms. The number of carbonyl (C=O) groups is 1. The largest absolute Gasteiger partial charge is 0.339 e. The Hall–Kier alpha value is -0.290. The van der Waals surface area contributed by atoms with Crippen molar-refractivity contribution in [3.8, 4) is 0 Å². The van der Waals surface area contributed by atoms with E-state index in [1.165, 1.54) is 12.8 Å². The zero-order valence-electron chi connectivity index (χ0n) is 12.1. The Bertz CT molecular complexity index is 489. The van der Waals surface area contributed by atoms with Crippen LogP contribution >= 0.6 is 34.2 Å². The van der Waals surface area contributed by atoms with Gasteiger partial charge in [-0.15, -0.1) is 0 Å². The molecule has 1 fully saturated rings. The van der Waals surface area contributed by atoms with Crippen molar-refractivity contribution in [3.63, 3.8) is 0 Å². The maximum Gasteiger partial charge on any atom is 0.253 e. The van der Waals surface area contributed by atoms with Crippen LogP contribution in [0.3, 0.4) is 0 Å². The van der Waals surface area contributed by atoms with E-state index < -0.39 is 0 Å². The fourth-order valence-corrected chi connectivity index (χ4v) is 3.47. The lowest BCUT2D eigenvalue weighted by Crippen LogP contribution is -2.42. The third-order valence-corrected chi connectivity index (χ3v) is 6.35. The summed E-state index contributed by atoms with van der Waals surface area (Å²) in [6.45, 7) is 6.26. The lowest BCUT2D eigenvalue weighted by Gasteiger charge is -2.41. The second-order valence-corrected chi connectivity index (χ2v) is 7.20. The highest BCUT2D eigenvalue weighted by molar-refractivity contribution is 14.1. The predicted molar refractivity (Wildman–Crippen MR) is 92.3 cm³/mol. The van der Waals surface area contributed by atoms with E-state index in [1.807, 2.05) is 17.0 Å². The smallest absolute Gasteiger partial charge is 0.253 e. The fourth-order valence-electron chi connectivity index (χ4n) is 2.95. The number of piperidine rings is 1. The Labute approximate surface area is 140 Å². The fraction of sp³-hybridized carbons (Fsp3) is 0.562. The third-order valence-electron chi connectivity index (χ3n) is 4.78. The van der Waals surface area contributed by atoms with Crippen LogP contribution in [0.5, 0.6) is 0 Å². The first-order chi connectivity index (χ1) is 9.51. The van der Waals surface area contributed by atoms with Gasteiger partial charge in [-0.25, -0.2) is 0 Å². The molecule has 1 aliphatic rings. The summed E-state index contributed by atoms with van der Waals surface area (Å²) in [6.07, 6.45) is 4.65. The maximum absolute atomic E-state index is 12.5. The van der Waals surface area contributed by atoms with Gasteiger partial charge in [-0.3, -0.25) is 4.79 Å². The maximum atomic E-state index is 12.5. The first-order valence-corrected chi connectivity index (χ1v) is 8.71. The van der Waals surface area contributed by atoms with Crippen molar-refractivity contribution in [2.45, 2.75) is 39.5 Å². The summed E-state index contributed by atoms with van der Waals surface area (Å²) in [5.74, 6) is 0.115. The summed E-state index contributed by atoms with van der Waals surface area (Å²) < 4.78 is 0.982. The standard InChI is InChI=1S/C16H21ClINO/c1-3-16(4-2)7-9-19(10-8-16)15(20)12-5-6-14(18)13(17)11-12/h5-6,11H,3-4,7-10H2,1-2H3. The molecule has 1 saturated heterocycles. The van der Waals surface area contributed by atoms with Crippen LogP contribution in [-0.4, -0.2) is 23.9 Å². The molecule has 0 spiro atoms. The number of carbonyl (C=O) groups excluding carboxylic acids is 1. The van der Waals surface area contributed by atoms with E-state index in [4.69, 9.17) is 11.6 Å². The van der Waals surface area contributed by atoms with E-state index in [0.717, 1.165) is 29.5 Å². The molecule has 1 aliphatic heterocycles. The summed E-state index contributed by atoms with van der Waals surface area (Å²) in [5, 5.41) is 0.657. The van der Waals surface area contributed by atoms with Gasteiger partial charge in [0.2, 0.25) is 0 Å². The van der Waals surface area contributed by atoms with Crippen molar-refractivity contribution >= 4 is 40.1 Å². The quantitative estimate of drug-likeness (QED) is 0.649. The summed E-state index contributed by atoms with van der Waals surface area (Å²) in [6, 6.07) is 5.56. The predicted octanol–water partition coefficient (Wildman–Crippen LogP) is 4.99. The topological polar surface area (TPSA) is 20.3 Å². The molecule has 20 heavy (non-hydrogen) atoms. The van der Waals surface area contributed by atoms with E-state index in [0.29, 0.717) is 16.0 Å². The van der Waals surface area contributed by atoms with E-state index in [-0.39, 0.29) is 5.91 Å². The molecule has 2 rings (SSSR count). The van der Waals surface area contributed by atoms with E-state index in [1.54, 1.807) is 6.07 Å². The van der Waals surface area contributed by atoms with Gasteiger partial charge in [-0.05, 0) is 59.0 Å². The van der Waals surface area contributed by atoms with Crippen LogP contribution in [0, 0.1) is 8.99 Å². The van der Waals surface area contributed by atoms with Crippen LogP contribution in [0.15, 0.2) is 18.2 Å². The number of nitrogens with zero attached hydrogens (tertiary/aromatic N) is 1. The number of hydrogen-bond donors (Lipinski definition) is 0. The van der Waals surface area contributed by atoms with E-state index >= 15 is 0 Å². The Morgan fingerprint density at radius 2 is 1.90 bits per heavy atom. The molecule has 0 bridgehead atoms. The molecule has 1 aromatic rings. The number of halogens is 2. The highest BCUT2D eigenvalue weighted by Gasteiger charge is 2.33. The molecule has 0 unspecified atom stereocenters. The zero-order chi connectivity index (χ0) is 14.8. The minimum absolute atomic E-state index is 0.115. The van der Waals surface area contributed by atoms with Gasteiger partial charge >= 0.3 is 0 Å². The van der Waals surface area contributed by atoms with Gasteiger partial charge in [0.05, 0.1) is 5.02 Å². The van der Waals surface area contributed by atoms with Crippen molar-refractivity contribution in [2.75, 3.05) is 13.1 Å². The molecule has 0 saturated carbocycles. The van der Waals surface area contributed by atoms with E-state index in [9.17, 15) is 4.79 Å². The minimum atomic E-state index is 0.115. The Balaban J connectivity index is 2.06. The molecule has 0 radical (unpaired) electrons. The highest BCUT2D eigenvalue weighted by Crippen LogP contribution is 2.38. The van der Waals surface area contributed by atoms with Crippen LogP contribution in [0.1, 0.15) is 49.9 Å². The Morgan fingerprint density at radius 1 is 1.30 bits per heavy atom. The van der Waals surface area contributed by atoms with Gasteiger partial charge in [0.15, 0.2) is 0 Å². The third kappa shape index (κ3) is 3.30. The number of benzene rings is 1. The molecule has 1 aromatic carbocycles. The summed E-state index contributed by atoms with van der Waals surface area (Å²) in [7, 11) is 0. The second-order valence-electron chi connectivity index (χ2n) is 5.63. The minimum Gasteiger partial charge on any atom is -0.339 e. The molecular formula is C16H21ClINO. The van der Waals surface area contributed by atoms with Gasteiger partial charge in [0.25, 0.3) is 5.91 Å². The van der Waals surface area contributed by atoms with Crippen molar-refractivity contribution in [3.05, 3.63) is 32.4 Å². The SMILES string of the molecule is CCC1(CC)CCN(C(=O)c2ccc(I)c(Cl)c2)CC1. The zero-order valence-corrected chi connectivity index (χ0v) is 15.0.